The summed E-state index contributed by atoms with van der Waals surface area (Å²) in [5.41, 5.74) is 0.935. The Bertz CT molecular complexity index is 948. The van der Waals surface area contributed by atoms with Gasteiger partial charge in [-0.3, -0.25) is 24.3 Å². The van der Waals surface area contributed by atoms with Crippen molar-refractivity contribution in [1.29, 1.82) is 0 Å². The number of rotatable bonds is 5. The van der Waals surface area contributed by atoms with E-state index in [1.165, 1.54) is 17.9 Å². The summed E-state index contributed by atoms with van der Waals surface area (Å²) in [6.45, 7) is 0.474. The maximum absolute atomic E-state index is 12.4. The molecule has 9 nitrogen and oxygen atoms in total. The Hall–Kier alpha value is -3.20. The molecule has 2 aromatic heterocycles. The molecular weight excluding hydrogens is 348 g/mol. The summed E-state index contributed by atoms with van der Waals surface area (Å²) in [4.78, 5) is 22.7. The van der Waals surface area contributed by atoms with Crippen molar-refractivity contribution in [3.63, 3.8) is 0 Å². The number of amides is 1. The molecule has 0 radical (unpaired) electrons. The van der Waals surface area contributed by atoms with Crippen molar-refractivity contribution in [3.05, 3.63) is 69.3 Å². The van der Waals surface area contributed by atoms with Crippen LogP contribution in [0.5, 0.6) is 0 Å². The highest BCUT2D eigenvalue weighted by molar-refractivity contribution is 6.30. The maximum Gasteiger partial charge on any atom is 0.320 e. The molecule has 10 heteroatoms. The number of nitrogens with one attached hydrogen (secondary N) is 1. The minimum atomic E-state index is -0.639. The zero-order chi connectivity index (χ0) is 18.0. The van der Waals surface area contributed by atoms with Gasteiger partial charge in [0.15, 0.2) is 0 Å². The average Bonchev–Trinajstić information content (AvgIpc) is 3.13. The Balaban J connectivity index is 1.79. The third kappa shape index (κ3) is 3.66. The van der Waals surface area contributed by atoms with E-state index in [2.05, 4.69) is 15.5 Å². The minimum absolute atomic E-state index is 0.116. The molecule has 0 aliphatic heterocycles. The largest absolute Gasteiger partial charge is 0.320 e. The fourth-order valence-corrected chi connectivity index (χ4v) is 2.53. The van der Waals surface area contributed by atoms with Crippen LogP contribution in [-0.4, -0.2) is 30.4 Å². The number of nitrogens with zero attached hydrogens (tertiary/aromatic N) is 5. The van der Waals surface area contributed by atoms with E-state index >= 15 is 0 Å². The van der Waals surface area contributed by atoms with Gasteiger partial charge in [0, 0.05) is 18.9 Å². The first kappa shape index (κ1) is 16.7. The summed E-state index contributed by atoms with van der Waals surface area (Å²) in [6, 6.07) is 7.10. The molecule has 0 unspecified atom stereocenters. The number of aryl methyl sites for hydroxylation is 1. The van der Waals surface area contributed by atoms with Gasteiger partial charge < -0.3 is 5.32 Å². The second-order valence-electron chi connectivity index (χ2n) is 5.27. The van der Waals surface area contributed by atoms with Gasteiger partial charge in [-0.2, -0.15) is 10.2 Å². The Morgan fingerprint density at radius 3 is 2.84 bits per heavy atom. The molecule has 0 saturated carbocycles. The Kier molecular flexibility index (Phi) is 4.48. The monoisotopic (exact) mass is 360 g/mol. The third-order valence-electron chi connectivity index (χ3n) is 3.46. The van der Waals surface area contributed by atoms with Crippen molar-refractivity contribution >= 4 is 28.9 Å². The lowest BCUT2D eigenvalue weighted by Crippen LogP contribution is -2.17. The van der Waals surface area contributed by atoms with Crippen LogP contribution in [0.4, 0.5) is 11.4 Å². The third-order valence-corrected chi connectivity index (χ3v) is 3.66. The SMILES string of the molecule is Cn1ncc([N+](=O)[O-])c1C(=O)Nc1cccc(Cn2cc(Cl)cn2)c1. The van der Waals surface area contributed by atoms with E-state index in [1.807, 2.05) is 6.07 Å². The normalized spacial score (nSPS) is 10.6. The van der Waals surface area contributed by atoms with E-state index in [-0.39, 0.29) is 11.4 Å². The predicted octanol–water partition coefficient (Wildman–Crippen LogP) is 2.48. The zero-order valence-electron chi connectivity index (χ0n) is 13.1. The smallest absolute Gasteiger partial charge is 0.320 e. The molecule has 128 valence electrons. The second kappa shape index (κ2) is 6.73. The van der Waals surface area contributed by atoms with Gasteiger partial charge in [0.2, 0.25) is 5.69 Å². The van der Waals surface area contributed by atoms with Gasteiger partial charge in [0.05, 0.1) is 22.7 Å². The van der Waals surface area contributed by atoms with E-state index in [9.17, 15) is 14.9 Å². The number of carbonyl (C=O) groups is 1. The van der Waals surface area contributed by atoms with E-state index in [4.69, 9.17) is 11.6 Å². The van der Waals surface area contributed by atoms with Gasteiger partial charge in [-0.25, -0.2) is 0 Å². The summed E-state index contributed by atoms with van der Waals surface area (Å²) in [6.07, 6.45) is 4.27. The number of nitro groups is 1. The van der Waals surface area contributed by atoms with Gasteiger partial charge in [-0.05, 0) is 17.7 Å². The quantitative estimate of drug-likeness (QED) is 0.555. The molecule has 1 aromatic carbocycles. The lowest BCUT2D eigenvalue weighted by Gasteiger charge is -2.08. The molecule has 0 aliphatic rings. The van der Waals surface area contributed by atoms with Crippen LogP contribution in [0.1, 0.15) is 16.1 Å². The molecular formula is C15H13ClN6O3. The zero-order valence-corrected chi connectivity index (χ0v) is 13.8. The van der Waals surface area contributed by atoms with Crippen molar-refractivity contribution in [2.75, 3.05) is 5.32 Å². The number of anilines is 1. The van der Waals surface area contributed by atoms with Crippen molar-refractivity contribution < 1.29 is 9.72 Å². The summed E-state index contributed by atoms with van der Waals surface area (Å²) < 4.78 is 2.83. The van der Waals surface area contributed by atoms with Gasteiger partial charge in [0.1, 0.15) is 6.20 Å². The number of hydrogen-bond donors (Lipinski definition) is 1. The Morgan fingerprint density at radius 2 is 2.16 bits per heavy atom. The van der Waals surface area contributed by atoms with Crippen LogP contribution in [0.2, 0.25) is 5.02 Å². The fourth-order valence-electron chi connectivity index (χ4n) is 2.37. The van der Waals surface area contributed by atoms with E-state index in [0.717, 1.165) is 11.8 Å². The molecule has 3 aromatic rings. The highest BCUT2D eigenvalue weighted by atomic mass is 35.5. The lowest BCUT2D eigenvalue weighted by molar-refractivity contribution is -0.385. The van der Waals surface area contributed by atoms with E-state index in [1.54, 1.807) is 29.1 Å². The lowest BCUT2D eigenvalue weighted by atomic mass is 10.2. The number of carbonyl (C=O) groups excluding carboxylic acids is 1. The molecule has 0 atom stereocenters. The molecule has 3 rings (SSSR count). The van der Waals surface area contributed by atoms with Gasteiger partial charge in [-0.15, -0.1) is 0 Å². The molecule has 0 fully saturated rings. The fraction of sp³-hybridized carbons (Fsp3) is 0.133. The molecule has 2 heterocycles. The summed E-state index contributed by atoms with van der Waals surface area (Å²) >= 11 is 5.84. The van der Waals surface area contributed by atoms with Gasteiger partial charge in [-0.1, -0.05) is 23.7 Å². The topological polar surface area (TPSA) is 108 Å². The molecule has 25 heavy (non-hydrogen) atoms. The summed E-state index contributed by atoms with van der Waals surface area (Å²) in [7, 11) is 1.47. The van der Waals surface area contributed by atoms with Crippen LogP contribution >= 0.6 is 11.6 Å². The van der Waals surface area contributed by atoms with Crippen molar-refractivity contribution in [2.24, 2.45) is 7.05 Å². The molecule has 0 bridgehead atoms. The number of aromatic nitrogens is 4. The summed E-state index contributed by atoms with van der Waals surface area (Å²) in [5, 5.41) is 22.1. The second-order valence-corrected chi connectivity index (χ2v) is 5.71. The minimum Gasteiger partial charge on any atom is -0.320 e. The average molecular weight is 361 g/mol. The van der Waals surface area contributed by atoms with Crippen molar-refractivity contribution in [3.8, 4) is 0 Å². The molecule has 0 spiro atoms. The maximum atomic E-state index is 12.4. The molecule has 0 aliphatic carbocycles. The number of benzene rings is 1. The predicted molar refractivity (Wildman–Crippen MR) is 90.6 cm³/mol. The van der Waals surface area contributed by atoms with Crippen molar-refractivity contribution in [2.45, 2.75) is 6.54 Å². The van der Waals surface area contributed by atoms with Crippen molar-refractivity contribution in [1.82, 2.24) is 19.6 Å². The Labute approximate surface area is 147 Å². The van der Waals surface area contributed by atoms with Gasteiger partial charge in [0.25, 0.3) is 5.91 Å². The van der Waals surface area contributed by atoms with Crippen LogP contribution in [-0.2, 0) is 13.6 Å². The standard InChI is InChI=1S/C15H13ClN6O3/c1-20-14(13(7-17-20)22(24)25)15(23)19-12-4-2-3-10(5-12)8-21-9-11(16)6-18-21/h2-7,9H,8H2,1H3,(H,19,23). The van der Waals surface area contributed by atoms with E-state index < -0.39 is 10.8 Å². The Morgan fingerprint density at radius 1 is 1.36 bits per heavy atom. The first-order chi connectivity index (χ1) is 11.9. The molecule has 1 amide bonds. The van der Waals surface area contributed by atoms with Crippen LogP contribution < -0.4 is 5.32 Å². The highest BCUT2D eigenvalue weighted by Crippen LogP contribution is 2.19. The number of halogens is 1. The number of hydrogen-bond acceptors (Lipinski definition) is 5. The van der Waals surface area contributed by atoms with Gasteiger partial charge >= 0.3 is 5.69 Å². The first-order valence-electron chi connectivity index (χ1n) is 7.18. The van der Waals surface area contributed by atoms with Crippen LogP contribution in [0.25, 0.3) is 0 Å². The molecule has 1 N–H and O–H groups in total. The van der Waals surface area contributed by atoms with Crippen LogP contribution in [0.15, 0.2) is 42.9 Å². The highest BCUT2D eigenvalue weighted by Gasteiger charge is 2.25. The van der Waals surface area contributed by atoms with E-state index in [0.29, 0.717) is 17.3 Å². The van der Waals surface area contributed by atoms with Crippen LogP contribution in [0, 0.1) is 10.1 Å². The van der Waals surface area contributed by atoms with Crippen LogP contribution in [0.3, 0.4) is 0 Å². The summed E-state index contributed by atoms with van der Waals surface area (Å²) in [5.74, 6) is -0.606. The molecule has 0 saturated heterocycles. The first-order valence-corrected chi connectivity index (χ1v) is 7.56.